The first-order chi connectivity index (χ1) is 10.5. The number of ether oxygens (including phenoxy) is 1. The van der Waals surface area contributed by atoms with E-state index in [0.717, 1.165) is 16.9 Å². The molecule has 0 saturated carbocycles. The number of benzene rings is 1. The van der Waals surface area contributed by atoms with Gasteiger partial charge in [-0.25, -0.2) is 9.59 Å². The Balaban J connectivity index is 2.33. The molecule has 1 heterocycles. The van der Waals surface area contributed by atoms with Crippen LogP contribution in [0, 0.1) is 6.92 Å². The van der Waals surface area contributed by atoms with E-state index in [1.165, 1.54) is 0 Å². The maximum atomic E-state index is 12.4. The molecule has 0 bridgehead atoms. The first-order valence-electron chi connectivity index (χ1n) is 7.04. The van der Waals surface area contributed by atoms with Crippen molar-refractivity contribution in [2.45, 2.75) is 19.9 Å². The smallest absolute Gasteiger partial charge is 0.338 e. The molecule has 1 aromatic carbocycles. The van der Waals surface area contributed by atoms with Gasteiger partial charge < -0.3 is 15.4 Å². The molecule has 0 saturated heterocycles. The predicted octanol–water partition coefficient (Wildman–Crippen LogP) is 2.53. The Bertz CT molecular complexity index is 613. The fourth-order valence-electron chi connectivity index (χ4n) is 2.40. The number of amides is 2. The van der Waals surface area contributed by atoms with Crippen LogP contribution in [0.4, 0.5) is 4.79 Å². The third kappa shape index (κ3) is 3.62. The van der Waals surface area contributed by atoms with Gasteiger partial charge in [-0.1, -0.05) is 24.3 Å². The number of thioether (sulfide) groups is 1. The van der Waals surface area contributed by atoms with Gasteiger partial charge in [-0.15, -0.1) is 0 Å². The number of carbonyl (C=O) groups is 2. The largest absolute Gasteiger partial charge is 0.461 e. The van der Waals surface area contributed by atoms with E-state index in [4.69, 9.17) is 4.74 Å². The van der Waals surface area contributed by atoms with Crippen molar-refractivity contribution in [2.75, 3.05) is 18.6 Å². The topological polar surface area (TPSA) is 67.4 Å². The SMILES string of the molecule is CSCCOC(=O)C1=C(C)NC(=O)NC1c1ccccc1C. The number of nitrogens with one attached hydrogen (secondary N) is 2. The summed E-state index contributed by atoms with van der Waals surface area (Å²) < 4.78 is 5.31. The third-order valence-electron chi connectivity index (χ3n) is 3.51. The molecule has 1 aromatic rings. The number of aryl methyl sites for hydroxylation is 1. The van der Waals surface area contributed by atoms with E-state index in [-0.39, 0.29) is 6.03 Å². The zero-order chi connectivity index (χ0) is 16.1. The second-order valence-corrected chi connectivity index (χ2v) is 6.04. The van der Waals surface area contributed by atoms with E-state index in [1.807, 2.05) is 37.4 Å². The second-order valence-electron chi connectivity index (χ2n) is 5.06. The van der Waals surface area contributed by atoms with Crippen molar-refractivity contribution in [3.05, 3.63) is 46.7 Å². The van der Waals surface area contributed by atoms with Crippen molar-refractivity contribution < 1.29 is 14.3 Å². The van der Waals surface area contributed by atoms with Gasteiger partial charge in [0.05, 0.1) is 11.6 Å². The highest BCUT2D eigenvalue weighted by Crippen LogP contribution is 2.29. The lowest BCUT2D eigenvalue weighted by molar-refractivity contribution is -0.138. The van der Waals surface area contributed by atoms with Gasteiger partial charge in [-0.05, 0) is 31.2 Å². The number of urea groups is 1. The van der Waals surface area contributed by atoms with Gasteiger partial charge in [-0.2, -0.15) is 11.8 Å². The molecule has 2 amide bonds. The highest BCUT2D eigenvalue weighted by atomic mass is 32.2. The van der Waals surface area contributed by atoms with Crippen LogP contribution in [0.3, 0.4) is 0 Å². The van der Waals surface area contributed by atoms with Crippen LogP contribution in [0.15, 0.2) is 35.5 Å². The summed E-state index contributed by atoms with van der Waals surface area (Å²) in [5, 5.41) is 5.45. The standard InChI is InChI=1S/C16H20N2O3S/c1-10-6-4-5-7-12(10)14-13(11(2)17-16(20)18-14)15(19)21-8-9-22-3/h4-7,14H,8-9H2,1-3H3,(H2,17,18,20). The van der Waals surface area contributed by atoms with Crippen LogP contribution >= 0.6 is 11.8 Å². The predicted molar refractivity (Wildman–Crippen MR) is 87.6 cm³/mol. The van der Waals surface area contributed by atoms with Gasteiger partial charge in [0.15, 0.2) is 0 Å². The fourth-order valence-corrected chi connectivity index (χ4v) is 2.65. The van der Waals surface area contributed by atoms with Crippen LogP contribution in [-0.4, -0.2) is 30.6 Å². The van der Waals surface area contributed by atoms with Crippen molar-refractivity contribution in [3.63, 3.8) is 0 Å². The van der Waals surface area contributed by atoms with Crippen LogP contribution in [-0.2, 0) is 9.53 Å². The zero-order valence-corrected chi connectivity index (χ0v) is 13.8. The summed E-state index contributed by atoms with van der Waals surface area (Å²) in [4.78, 5) is 24.2. The molecule has 5 nitrogen and oxygen atoms in total. The monoisotopic (exact) mass is 320 g/mol. The number of allylic oxidation sites excluding steroid dienone is 1. The molecular weight excluding hydrogens is 300 g/mol. The first kappa shape index (κ1) is 16.4. The van der Waals surface area contributed by atoms with Crippen molar-refractivity contribution in [2.24, 2.45) is 0 Å². The minimum Gasteiger partial charge on any atom is -0.461 e. The van der Waals surface area contributed by atoms with E-state index in [9.17, 15) is 9.59 Å². The lowest BCUT2D eigenvalue weighted by Gasteiger charge is -2.29. The summed E-state index contributed by atoms with van der Waals surface area (Å²) in [5.41, 5.74) is 2.89. The Morgan fingerprint density at radius 3 is 2.73 bits per heavy atom. The maximum absolute atomic E-state index is 12.4. The fraction of sp³-hybridized carbons (Fsp3) is 0.375. The Hall–Kier alpha value is -1.95. The molecule has 1 atom stereocenters. The molecule has 1 unspecified atom stereocenters. The van der Waals surface area contributed by atoms with Gasteiger partial charge in [-0.3, -0.25) is 0 Å². The molecule has 0 aromatic heterocycles. The van der Waals surface area contributed by atoms with E-state index in [2.05, 4.69) is 10.6 Å². The van der Waals surface area contributed by atoms with Crippen molar-refractivity contribution in [1.82, 2.24) is 10.6 Å². The Labute approximate surface area is 134 Å². The van der Waals surface area contributed by atoms with Gasteiger partial charge in [0.25, 0.3) is 0 Å². The molecule has 0 fully saturated rings. The molecule has 0 spiro atoms. The molecule has 2 rings (SSSR count). The molecule has 6 heteroatoms. The lowest BCUT2D eigenvalue weighted by atomic mass is 9.92. The average Bonchev–Trinajstić information content (AvgIpc) is 2.47. The van der Waals surface area contributed by atoms with Crippen LogP contribution in [0.2, 0.25) is 0 Å². The molecule has 118 valence electrons. The summed E-state index contributed by atoms with van der Waals surface area (Å²) in [6.07, 6.45) is 1.96. The van der Waals surface area contributed by atoms with Crippen LogP contribution in [0.5, 0.6) is 0 Å². The normalized spacial score (nSPS) is 17.8. The minimum atomic E-state index is -0.489. The number of hydrogen-bond acceptors (Lipinski definition) is 4. The van der Waals surface area contributed by atoms with Crippen LogP contribution in [0.1, 0.15) is 24.1 Å². The van der Waals surface area contributed by atoms with E-state index in [0.29, 0.717) is 17.9 Å². The third-order valence-corrected chi connectivity index (χ3v) is 4.08. The number of hydrogen-bond donors (Lipinski definition) is 2. The molecule has 1 aliphatic rings. The van der Waals surface area contributed by atoms with Gasteiger partial charge in [0, 0.05) is 11.4 Å². The van der Waals surface area contributed by atoms with E-state index in [1.54, 1.807) is 18.7 Å². The van der Waals surface area contributed by atoms with Gasteiger partial charge in [0.1, 0.15) is 6.61 Å². The zero-order valence-electron chi connectivity index (χ0n) is 12.9. The second kappa shape index (κ2) is 7.35. The maximum Gasteiger partial charge on any atom is 0.338 e. The Morgan fingerprint density at radius 2 is 2.05 bits per heavy atom. The lowest BCUT2D eigenvalue weighted by Crippen LogP contribution is -2.45. The molecule has 0 radical (unpaired) electrons. The minimum absolute atomic E-state index is 0.314. The Kier molecular flexibility index (Phi) is 5.49. The highest BCUT2D eigenvalue weighted by Gasteiger charge is 2.32. The average molecular weight is 320 g/mol. The molecule has 1 aliphatic heterocycles. The van der Waals surface area contributed by atoms with E-state index < -0.39 is 12.0 Å². The molecule has 0 aliphatic carbocycles. The van der Waals surface area contributed by atoms with Crippen LogP contribution < -0.4 is 10.6 Å². The molecular formula is C16H20N2O3S. The summed E-state index contributed by atoms with van der Waals surface area (Å²) in [7, 11) is 0. The molecule has 22 heavy (non-hydrogen) atoms. The van der Waals surface area contributed by atoms with Crippen molar-refractivity contribution in [1.29, 1.82) is 0 Å². The number of esters is 1. The van der Waals surface area contributed by atoms with Gasteiger partial charge in [0.2, 0.25) is 0 Å². The van der Waals surface area contributed by atoms with Gasteiger partial charge >= 0.3 is 12.0 Å². The van der Waals surface area contributed by atoms with E-state index >= 15 is 0 Å². The Morgan fingerprint density at radius 1 is 1.32 bits per heavy atom. The first-order valence-corrected chi connectivity index (χ1v) is 8.44. The quantitative estimate of drug-likeness (QED) is 0.646. The number of rotatable bonds is 5. The summed E-state index contributed by atoms with van der Waals surface area (Å²) in [6.45, 7) is 4.02. The van der Waals surface area contributed by atoms with Crippen molar-refractivity contribution >= 4 is 23.8 Å². The highest BCUT2D eigenvalue weighted by molar-refractivity contribution is 7.98. The molecule has 2 N–H and O–H groups in total. The number of carbonyl (C=O) groups excluding carboxylic acids is 2. The summed E-state index contributed by atoms with van der Waals surface area (Å²) in [6, 6.07) is 6.88. The van der Waals surface area contributed by atoms with Crippen molar-refractivity contribution in [3.8, 4) is 0 Å². The summed E-state index contributed by atoms with van der Waals surface area (Å²) in [5.74, 6) is 0.347. The summed E-state index contributed by atoms with van der Waals surface area (Å²) >= 11 is 1.61. The van der Waals surface area contributed by atoms with Crippen LogP contribution in [0.25, 0.3) is 0 Å².